The summed E-state index contributed by atoms with van der Waals surface area (Å²) >= 11 is 3.13. The van der Waals surface area contributed by atoms with Crippen molar-refractivity contribution in [3.05, 3.63) is 46.6 Å². The molecule has 4 nitrogen and oxygen atoms in total. The molecule has 0 saturated carbocycles. The Labute approximate surface area is 152 Å². The molecule has 25 heavy (non-hydrogen) atoms. The van der Waals surface area contributed by atoms with Gasteiger partial charge >= 0.3 is 5.76 Å². The lowest BCUT2D eigenvalue weighted by Gasteiger charge is -2.06. The van der Waals surface area contributed by atoms with Crippen molar-refractivity contribution in [2.75, 3.05) is 0 Å². The van der Waals surface area contributed by atoms with Gasteiger partial charge < -0.3 is 0 Å². The number of fused-ring (bicyclic) bond motifs is 1. The molecule has 0 fully saturated rings. The highest BCUT2D eigenvalue weighted by molar-refractivity contribution is 7.98. The van der Waals surface area contributed by atoms with E-state index in [1.807, 2.05) is 13.8 Å². The van der Waals surface area contributed by atoms with Crippen LogP contribution in [0.4, 0.5) is 8.78 Å². The third-order valence-corrected chi connectivity index (χ3v) is 7.37. The zero-order valence-corrected chi connectivity index (χ0v) is 15.8. The summed E-state index contributed by atoms with van der Waals surface area (Å²) in [6.45, 7) is 4.07. The molecule has 0 unspecified atom stereocenters. The van der Waals surface area contributed by atoms with Gasteiger partial charge in [0.15, 0.2) is 0 Å². The fraction of sp³-hybridized carbons (Fsp3) is 0.250. The van der Waals surface area contributed by atoms with Gasteiger partial charge in [-0.1, -0.05) is 12.1 Å². The molecule has 1 aromatic carbocycles. The van der Waals surface area contributed by atoms with E-state index in [0.29, 0.717) is 5.75 Å². The number of rotatable bonds is 5. The van der Waals surface area contributed by atoms with E-state index in [1.54, 1.807) is 23.5 Å². The van der Waals surface area contributed by atoms with Gasteiger partial charge in [-0.3, -0.25) is 0 Å². The van der Waals surface area contributed by atoms with E-state index in [9.17, 15) is 17.2 Å². The first-order valence-corrected chi connectivity index (χ1v) is 10.6. The quantitative estimate of drug-likeness (QED) is 0.463. The van der Waals surface area contributed by atoms with Gasteiger partial charge in [-0.15, -0.1) is 23.1 Å². The molecule has 0 N–H and O–H groups in total. The fourth-order valence-corrected chi connectivity index (χ4v) is 5.08. The van der Waals surface area contributed by atoms with Crippen molar-refractivity contribution in [1.29, 1.82) is 0 Å². The van der Waals surface area contributed by atoms with Crippen molar-refractivity contribution < 1.29 is 17.2 Å². The maximum atomic E-state index is 12.6. The lowest BCUT2D eigenvalue weighted by atomic mass is 10.2. The maximum Gasteiger partial charge on any atom is 0.341 e. The second-order valence-corrected chi connectivity index (χ2v) is 9.47. The number of nitrogens with zero attached hydrogens (tertiary/aromatic N) is 2. The molecule has 2 aromatic heterocycles. The molecule has 0 aliphatic carbocycles. The SMILES string of the molecule is Cc1sc2ncnc(SCc3ccc(S(=O)(=O)C(F)F)cc3)c2c1C. The zero-order chi connectivity index (χ0) is 18.2. The Morgan fingerprint density at radius 1 is 1.16 bits per heavy atom. The van der Waals surface area contributed by atoms with E-state index in [1.165, 1.54) is 35.1 Å². The molecule has 0 saturated heterocycles. The minimum Gasteiger partial charge on any atom is -0.229 e. The van der Waals surface area contributed by atoms with Gasteiger partial charge in [-0.2, -0.15) is 8.78 Å². The van der Waals surface area contributed by atoms with Crippen LogP contribution >= 0.6 is 23.1 Å². The van der Waals surface area contributed by atoms with Crippen LogP contribution in [0.25, 0.3) is 10.2 Å². The Morgan fingerprint density at radius 3 is 2.48 bits per heavy atom. The monoisotopic (exact) mass is 400 g/mol. The maximum absolute atomic E-state index is 12.6. The number of sulfone groups is 1. The van der Waals surface area contributed by atoms with Crippen molar-refractivity contribution in [3.8, 4) is 0 Å². The van der Waals surface area contributed by atoms with Crippen LogP contribution in [-0.4, -0.2) is 24.1 Å². The van der Waals surface area contributed by atoms with E-state index in [-0.39, 0.29) is 4.90 Å². The third-order valence-electron chi connectivity index (χ3n) is 3.79. The van der Waals surface area contributed by atoms with Gasteiger partial charge in [0.1, 0.15) is 16.2 Å². The molecular weight excluding hydrogens is 386 g/mol. The first-order valence-electron chi connectivity index (χ1n) is 7.25. The normalized spacial score (nSPS) is 12.2. The summed E-state index contributed by atoms with van der Waals surface area (Å²) in [5.41, 5.74) is 1.98. The Morgan fingerprint density at radius 2 is 1.84 bits per heavy atom. The second-order valence-electron chi connectivity index (χ2n) is 5.38. The van der Waals surface area contributed by atoms with Crippen LogP contribution in [0.3, 0.4) is 0 Å². The molecule has 3 aromatic rings. The number of hydrogen-bond donors (Lipinski definition) is 0. The summed E-state index contributed by atoms with van der Waals surface area (Å²) in [6, 6.07) is 5.53. The van der Waals surface area contributed by atoms with Crippen molar-refractivity contribution in [2.45, 2.75) is 35.3 Å². The lowest BCUT2D eigenvalue weighted by Crippen LogP contribution is -2.11. The minimum atomic E-state index is -4.55. The molecule has 0 spiro atoms. The standard InChI is InChI=1S/C16H14F2N2O2S3/c1-9-10(2)24-15-13(9)14(19-8-20-15)23-7-11-3-5-12(6-4-11)25(21,22)16(17)18/h3-6,8,16H,7H2,1-2H3. The van der Waals surface area contributed by atoms with E-state index in [4.69, 9.17) is 0 Å². The van der Waals surface area contributed by atoms with E-state index < -0.39 is 15.6 Å². The lowest BCUT2D eigenvalue weighted by molar-refractivity contribution is 0.234. The summed E-state index contributed by atoms with van der Waals surface area (Å²) < 4.78 is 48.0. The first kappa shape index (κ1) is 18.2. The molecule has 0 aliphatic rings. The molecule has 0 aliphatic heterocycles. The van der Waals surface area contributed by atoms with Gasteiger partial charge in [0.2, 0.25) is 9.84 Å². The summed E-state index contributed by atoms with van der Waals surface area (Å²) in [4.78, 5) is 10.4. The number of thioether (sulfide) groups is 1. The van der Waals surface area contributed by atoms with Crippen LogP contribution < -0.4 is 0 Å². The number of alkyl halides is 2. The summed E-state index contributed by atoms with van der Waals surface area (Å²) in [6.07, 6.45) is 1.53. The van der Waals surface area contributed by atoms with Crippen LogP contribution in [0.2, 0.25) is 0 Å². The van der Waals surface area contributed by atoms with Crippen LogP contribution in [0, 0.1) is 13.8 Å². The Balaban J connectivity index is 1.81. The van der Waals surface area contributed by atoms with Crippen molar-refractivity contribution in [1.82, 2.24) is 9.97 Å². The highest BCUT2D eigenvalue weighted by Crippen LogP contribution is 2.35. The summed E-state index contributed by atoms with van der Waals surface area (Å²) in [7, 11) is -4.55. The molecule has 132 valence electrons. The van der Waals surface area contributed by atoms with Crippen molar-refractivity contribution in [3.63, 3.8) is 0 Å². The van der Waals surface area contributed by atoms with Crippen LogP contribution in [0.15, 0.2) is 40.5 Å². The van der Waals surface area contributed by atoms with E-state index in [2.05, 4.69) is 9.97 Å². The summed E-state index contributed by atoms with van der Waals surface area (Å²) in [5.74, 6) is -2.86. The fourth-order valence-electron chi connectivity index (χ4n) is 2.29. The third kappa shape index (κ3) is 3.54. The number of hydrogen-bond acceptors (Lipinski definition) is 6. The predicted octanol–water partition coefficient (Wildman–Crippen LogP) is 4.60. The molecule has 0 bridgehead atoms. The minimum absolute atomic E-state index is 0.370. The van der Waals surface area contributed by atoms with Gasteiger partial charge in [0, 0.05) is 16.0 Å². The smallest absolute Gasteiger partial charge is 0.229 e. The topological polar surface area (TPSA) is 59.9 Å². The molecule has 0 atom stereocenters. The Bertz CT molecular complexity index is 1020. The molecule has 0 radical (unpaired) electrons. The van der Waals surface area contributed by atoms with Crippen molar-refractivity contribution in [2.24, 2.45) is 0 Å². The van der Waals surface area contributed by atoms with Gasteiger partial charge in [-0.05, 0) is 37.1 Å². The van der Waals surface area contributed by atoms with E-state index in [0.717, 1.165) is 26.4 Å². The molecule has 2 heterocycles. The first-order chi connectivity index (χ1) is 11.8. The van der Waals surface area contributed by atoms with Crippen LogP contribution in [0.5, 0.6) is 0 Å². The number of benzene rings is 1. The average molecular weight is 400 g/mol. The molecule has 9 heteroatoms. The largest absolute Gasteiger partial charge is 0.341 e. The number of halogens is 2. The van der Waals surface area contributed by atoms with E-state index >= 15 is 0 Å². The Kier molecular flexibility index (Phi) is 5.08. The predicted molar refractivity (Wildman–Crippen MR) is 96.1 cm³/mol. The van der Waals surface area contributed by atoms with Gasteiger partial charge in [0.05, 0.1) is 4.90 Å². The van der Waals surface area contributed by atoms with Crippen molar-refractivity contribution >= 4 is 43.2 Å². The number of aromatic nitrogens is 2. The second kappa shape index (κ2) is 6.97. The Hall–Kier alpha value is -1.58. The molecular formula is C16H14F2N2O2S3. The number of aryl methyl sites for hydroxylation is 2. The highest BCUT2D eigenvalue weighted by atomic mass is 32.2. The number of thiophene rings is 1. The van der Waals surface area contributed by atoms with Crippen LogP contribution in [-0.2, 0) is 15.6 Å². The van der Waals surface area contributed by atoms with Gasteiger partial charge in [-0.25, -0.2) is 18.4 Å². The zero-order valence-electron chi connectivity index (χ0n) is 13.4. The molecule has 0 amide bonds. The average Bonchev–Trinajstić information content (AvgIpc) is 2.88. The van der Waals surface area contributed by atoms with Crippen LogP contribution in [0.1, 0.15) is 16.0 Å². The van der Waals surface area contributed by atoms with Gasteiger partial charge in [0.25, 0.3) is 0 Å². The molecule has 3 rings (SSSR count). The summed E-state index contributed by atoms with van der Waals surface area (Å²) in [5, 5.41) is 1.89. The highest BCUT2D eigenvalue weighted by Gasteiger charge is 2.26.